The summed E-state index contributed by atoms with van der Waals surface area (Å²) in [6, 6.07) is 13.7. The zero-order chi connectivity index (χ0) is 20.1. The summed E-state index contributed by atoms with van der Waals surface area (Å²) in [5.74, 6) is 0.163. The third-order valence-corrected chi connectivity index (χ3v) is 4.67. The van der Waals surface area contributed by atoms with Crippen LogP contribution in [0.5, 0.6) is 5.75 Å². The number of alkyl halides is 2. The Bertz CT molecular complexity index is 823. The number of hydrogen-bond acceptors (Lipinski definition) is 3. The van der Waals surface area contributed by atoms with Gasteiger partial charge in [-0.3, -0.25) is 9.59 Å². The van der Waals surface area contributed by atoms with E-state index in [9.17, 15) is 18.4 Å². The molecule has 0 spiro atoms. The van der Waals surface area contributed by atoms with Gasteiger partial charge in [0.25, 0.3) is 0 Å². The fourth-order valence-electron chi connectivity index (χ4n) is 3.16. The molecule has 0 radical (unpaired) electrons. The zero-order valence-electron chi connectivity index (χ0n) is 15.6. The van der Waals surface area contributed by atoms with Crippen molar-refractivity contribution in [3.8, 4) is 5.75 Å². The number of rotatable bonds is 7. The molecule has 5 nitrogen and oxygen atoms in total. The molecule has 0 saturated carbocycles. The molecule has 1 fully saturated rings. The van der Waals surface area contributed by atoms with Crippen LogP contribution in [0, 0.1) is 0 Å². The number of benzene rings is 2. The Morgan fingerprint density at radius 3 is 2.32 bits per heavy atom. The van der Waals surface area contributed by atoms with E-state index in [0.29, 0.717) is 13.0 Å². The van der Waals surface area contributed by atoms with Crippen LogP contribution < -0.4 is 9.64 Å². The van der Waals surface area contributed by atoms with Gasteiger partial charge in [0.05, 0.1) is 6.42 Å². The van der Waals surface area contributed by atoms with Crippen LogP contribution in [0.25, 0.3) is 0 Å². The highest BCUT2D eigenvalue weighted by molar-refractivity contribution is 5.95. The molecule has 3 rings (SSSR count). The van der Waals surface area contributed by atoms with E-state index in [1.54, 1.807) is 29.0 Å². The lowest BCUT2D eigenvalue weighted by atomic mass is 10.1. The lowest BCUT2D eigenvalue weighted by molar-refractivity contribution is -0.129. The van der Waals surface area contributed by atoms with Crippen LogP contribution in [0.3, 0.4) is 0 Å². The number of anilines is 1. The molecule has 0 aromatic heterocycles. The minimum Gasteiger partial charge on any atom is -0.435 e. The van der Waals surface area contributed by atoms with Gasteiger partial charge >= 0.3 is 6.61 Å². The quantitative estimate of drug-likeness (QED) is 0.728. The fraction of sp³-hybridized carbons (Fsp3) is 0.333. The summed E-state index contributed by atoms with van der Waals surface area (Å²) in [5.41, 5.74) is 2.55. The lowest BCUT2D eigenvalue weighted by Crippen LogP contribution is -2.27. The maximum Gasteiger partial charge on any atom is 0.387 e. The molecule has 1 heterocycles. The predicted octanol–water partition coefficient (Wildman–Crippen LogP) is 3.62. The van der Waals surface area contributed by atoms with Crippen molar-refractivity contribution in [1.29, 1.82) is 0 Å². The first-order valence-corrected chi connectivity index (χ1v) is 9.09. The summed E-state index contributed by atoms with van der Waals surface area (Å²) in [7, 11) is 1.70. The van der Waals surface area contributed by atoms with Crippen LogP contribution in [0.2, 0.25) is 0 Å². The van der Waals surface area contributed by atoms with Crippen LogP contribution in [0.4, 0.5) is 14.5 Å². The highest BCUT2D eigenvalue weighted by Gasteiger charge is 2.21. The Morgan fingerprint density at radius 1 is 1.11 bits per heavy atom. The molecule has 2 amide bonds. The number of carbonyl (C=O) groups excluding carboxylic acids is 2. The van der Waals surface area contributed by atoms with Gasteiger partial charge in [-0.15, -0.1) is 0 Å². The number of nitrogens with zero attached hydrogens (tertiary/aromatic N) is 2. The number of halogens is 2. The third-order valence-electron chi connectivity index (χ3n) is 4.67. The highest BCUT2D eigenvalue weighted by atomic mass is 19.3. The lowest BCUT2D eigenvalue weighted by Gasteiger charge is -2.19. The minimum absolute atomic E-state index is 0.0575. The summed E-state index contributed by atoms with van der Waals surface area (Å²) in [6.45, 7) is -1.75. The van der Waals surface area contributed by atoms with Crippen LogP contribution in [-0.4, -0.2) is 36.9 Å². The van der Waals surface area contributed by atoms with Gasteiger partial charge in [0, 0.05) is 32.2 Å². The highest BCUT2D eigenvalue weighted by Crippen LogP contribution is 2.22. The van der Waals surface area contributed by atoms with Crippen LogP contribution in [0.15, 0.2) is 48.5 Å². The molecule has 0 unspecified atom stereocenters. The van der Waals surface area contributed by atoms with Gasteiger partial charge in [0.2, 0.25) is 11.8 Å². The monoisotopic (exact) mass is 388 g/mol. The van der Waals surface area contributed by atoms with Gasteiger partial charge in [-0.2, -0.15) is 8.78 Å². The molecular formula is C21H22F2N2O3. The van der Waals surface area contributed by atoms with Crippen molar-refractivity contribution in [2.45, 2.75) is 32.4 Å². The van der Waals surface area contributed by atoms with Gasteiger partial charge < -0.3 is 14.5 Å². The zero-order valence-corrected chi connectivity index (χ0v) is 15.6. The van der Waals surface area contributed by atoms with Crippen molar-refractivity contribution in [2.75, 3.05) is 18.5 Å². The predicted molar refractivity (Wildman–Crippen MR) is 101 cm³/mol. The topological polar surface area (TPSA) is 49.9 Å². The van der Waals surface area contributed by atoms with Crippen molar-refractivity contribution in [1.82, 2.24) is 4.90 Å². The summed E-state index contributed by atoms with van der Waals surface area (Å²) in [5, 5.41) is 0. The van der Waals surface area contributed by atoms with E-state index in [-0.39, 0.29) is 24.0 Å². The molecule has 0 bridgehead atoms. The molecule has 1 aliphatic heterocycles. The average molecular weight is 388 g/mol. The molecule has 0 atom stereocenters. The van der Waals surface area contributed by atoms with Crippen molar-refractivity contribution >= 4 is 17.5 Å². The van der Waals surface area contributed by atoms with Crippen molar-refractivity contribution in [3.05, 3.63) is 59.7 Å². The number of amides is 2. The van der Waals surface area contributed by atoms with Crippen LogP contribution >= 0.6 is 0 Å². The third kappa shape index (κ3) is 5.06. The first kappa shape index (κ1) is 19.8. The summed E-state index contributed by atoms with van der Waals surface area (Å²) < 4.78 is 28.7. The van der Waals surface area contributed by atoms with E-state index in [1.165, 1.54) is 12.1 Å². The molecule has 28 heavy (non-hydrogen) atoms. The second kappa shape index (κ2) is 8.82. The maximum absolute atomic E-state index is 12.5. The normalized spacial score (nSPS) is 13.9. The molecule has 7 heteroatoms. The SMILES string of the molecule is CN(Cc1ccc(OC(F)F)cc1)C(=O)Cc1ccc(N2CCCC2=O)cc1. The van der Waals surface area contributed by atoms with Gasteiger partial charge in [-0.1, -0.05) is 24.3 Å². The molecule has 148 valence electrons. The van der Waals surface area contributed by atoms with E-state index in [4.69, 9.17) is 0 Å². The van der Waals surface area contributed by atoms with Crippen LogP contribution in [-0.2, 0) is 22.6 Å². The van der Waals surface area contributed by atoms with Crippen molar-refractivity contribution in [3.63, 3.8) is 0 Å². The second-order valence-electron chi connectivity index (χ2n) is 6.76. The minimum atomic E-state index is -2.86. The molecular weight excluding hydrogens is 366 g/mol. The van der Waals surface area contributed by atoms with E-state index >= 15 is 0 Å². The summed E-state index contributed by atoms with van der Waals surface area (Å²) in [6.07, 6.45) is 1.71. The number of ether oxygens (including phenoxy) is 1. The van der Waals surface area contributed by atoms with E-state index in [1.807, 2.05) is 24.3 Å². The molecule has 0 aliphatic carbocycles. The van der Waals surface area contributed by atoms with Gasteiger partial charge in [-0.25, -0.2) is 0 Å². The molecule has 0 N–H and O–H groups in total. The van der Waals surface area contributed by atoms with Crippen molar-refractivity contribution in [2.24, 2.45) is 0 Å². The Hall–Kier alpha value is -2.96. The Kier molecular flexibility index (Phi) is 6.23. The summed E-state index contributed by atoms with van der Waals surface area (Å²) in [4.78, 5) is 27.6. The Morgan fingerprint density at radius 2 is 1.75 bits per heavy atom. The largest absolute Gasteiger partial charge is 0.435 e. The standard InChI is InChI=1S/C21H22F2N2O3/c1-24(14-16-6-10-18(11-7-16)28-21(22)23)20(27)13-15-4-8-17(9-5-15)25-12-2-3-19(25)26/h4-11,21H,2-3,12-14H2,1H3. The van der Waals surface area contributed by atoms with Crippen LogP contribution in [0.1, 0.15) is 24.0 Å². The second-order valence-corrected chi connectivity index (χ2v) is 6.76. The smallest absolute Gasteiger partial charge is 0.387 e. The first-order chi connectivity index (χ1) is 13.4. The Balaban J connectivity index is 1.54. The fourth-order valence-corrected chi connectivity index (χ4v) is 3.16. The van der Waals surface area contributed by atoms with Gasteiger partial charge in [0.1, 0.15) is 5.75 Å². The summed E-state index contributed by atoms with van der Waals surface area (Å²) >= 11 is 0. The van der Waals surface area contributed by atoms with Gasteiger partial charge in [0.15, 0.2) is 0 Å². The van der Waals surface area contributed by atoms with Crippen molar-refractivity contribution < 1.29 is 23.1 Å². The van der Waals surface area contributed by atoms with E-state index < -0.39 is 6.61 Å². The number of likely N-dealkylation sites (N-methyl/N-ethyl adjacent to an activating group) is 1. The van der Waals surface area contributed by atoms with Gasteiger partial charge in [-0.05, 0) is 41.8 Å². The number of carbonyl (C=O) groups is 2. The molecule has 1 aliphatic rings. The molecule has 2 aromatic rings. The van der Waals surface area contributed by atoms with E-state index in [2.05, 4.69) is 4.74 Å². The Labute approximate surface area is 162 Å². The maximum atomic E-state index is 12.5. The first-order valence-electron chi connectivity index (χ1n) is 9.09. The number of hydrogen-bond donors (Lipinski definition) is 0. The average Bonchev–Trinajstić information content (AvgIpc) is 3.09. The van der Waals surface area contributed by atoms with E-state index in [0.717, 1.165) is 29.8 Å². The molecule has 2 aromatic carbocycles. The molecule has 1 saturated heterocycles.